The third-order valence-electron chi connectivity index (χ3n) is 3.68. The van der Waals surface area contributed by atoms with Gasteiger partial charge in [0.2, 0.25) is 11.8 Å². The van der Waals surface area contributed by atoms with Crippen molar-refractivity contribution >= 4 is 33.4 Å². The molecule has 0 aliphatic heterocycles. The van der Waals surface area contributed by atoms with Crippen molar-refractivity contribution in [2.24, 2.45) is 5.41 Å². The molecular weight excluding hydrogens is 368 g/mol. The monoisotopic (exact) mass is 396 g/mol. The van der Waals surface area contributed by atoms with E-state index in [1.807, 2.05) is 45.0 Å². The van der Waals surface area contributed by atoms with E-state index in [0.29, 0.717) is 6.54 Å². The Morgan fingerprint density at radius 1 is 1.04 bits per heavy atom. The molecule has 0 aromatic heterocycles. The third kappa shape index (κ3) is 6.63. The zero-order chi connectivity index (χ0) is 18.5. The molecule has 0 heterocycles. The number of halogens is 1. The lowest BCUT2D eigenvalue weighted by Gasteiger charge is -2.24. The smallest absolute Gasteiger partial charge is 0.234 e. The fourth-order valence-corrected chi connectivity index (χ4v) is 2.22. The molecule has 0 unspecified atom stereocenters. The van der Waals surface area contributed by atoms with Crippen molar-refractivity contribution in [2.45, 2.75) is 58.2 Å². The average molecular weight is 397 g/mol. The van der Waals surface area contributed by atoms with Gasteiger partial charge in [0.25, 0.3) is 0 Å². The van der Waals surface area contributed by atoms with E-state index in [2.05, 4.69) is 47.3 Å². The van der Waals surface area contributed by atoms with E-state index in [9.17, 15) is 9.59 Å². The summed E-state index contributed by atoms with van der Waals surface area (Å²) in [5, 5.41) is 5.64. The van der Waals surface area contributed by atoms with Gasteiger partial charge in [-0.2, -0.15) is 0 Å². The van der Waals surface area contributed by atoms with Gasteiger partial charge in [0.1, 0.15) is 0 Å². The van der Waals surface area contributed by atoms with Crippen LogP contribution in [-0.4, -0.2) is 23.2 Å². The fourth-order valence-electron chi connectivity index (χ4n) is 2.06. The normalized spacial score (nSPS) is 13.3. The van der Waals surface area contributed by atoms with Gasteiger partial charge in [0.05, 0.1) is 4.83 Å². The first-order valence-electron chi connectivity index (χ1n) is 8.23. The van der Waals surface area contributed by atoms with Gasteiger partial charge in [0.15, 0.2) is 0 Å². The number of carbonyl (C=O) groups excluding carboxylic acids is 2. The number of nitrogens with one attached hydrogen (secondary N) is 2. The lowest BCUT2D eigenvalue weighted by molar-refractivity contribution is -0.122. The first-order valence-corrected chi connectivity index (χ1v) is 9.15. The number of carbonyl (C=O) groups is 2. The quantitative estimate of drug-likeness (QED) is 0.731. The van der Waals surface area contributed by atoms with Crippen molar-refractivity contribution in [1.82, 2.24) is 5.32 Å². The molecule has 2 N–H and O–H groups in total. The molecule has 0 saturated heterocycles. The van der Waals surface area contributed by atoms with Crippen molar-refractivity contribution in [3.63, 3.8) is 0 Å². The molecule has 24 heavy (non-hydrogen) atoms. The second-order valence-electron chi connectivity index (χ2n) is 8.15. The van der Waals surface area contributed by atoms with Crippen LogP contribution in [0, 0.1) is 5.41 Å². The van der Waals surface area contributed by atoms with Gasteiger partial charge in [-0.05, 0) is 28.5 Å². The Morgan fingerprint density at radius 2 is 1.58 bits per heavy atom. The van der Waals surface area contributed by atoms with E-state index < -0.39 is 0 Å². The van der Waals surface area contributed by atoms with Crippen LogP contribution in [0.2, 0.25) is 0 Å². The molecule has 0 spiro atoms. The van der Waals surface area contributed by atoms with Crippen LogP contribution >= 0.6 is 15.9 Å². The van der Waals surface area contributed by atoms with Gasteiger partial charge in [-0.15, -0.1) is 0 Å². The first-order chi connectivity index (χ1) is 10.9. The summed E-state index contributed by atoms with van der Waals surface area (Å²) in [6.07, 6.45) is 0.247. The minimum atomic E-state index is -0.280. The zero-order valence-corrected chi connectivity index (χ0v) is 17.1. The lowest BCUT2D eigenvalue weighted by atomic mass is 9.87. The Morgan fingerprint density at radius 3 is 2.04 bits per heavy atom. The van der Waals surface area contributed by atoms with Crippen LogP contribution in [0.1, 0.15) is 53.5 Å². The number of hydrogen-bond donors (Lipinski definition) is 2. The number of alkyl halides is 1. The molecule has 2 amide bonds. The predicted octanol–water partition coefficient (Wildman–Crippen LogP) is 4.24. The average Bonchev–Trinajstić information content (AvgIpc) is 2.44. The Kier molecular flexibility index (Phi) is 7.02. The van der Waals surface area contributed by atoms with Gasteiger partial charge < -0.3 is 10.6 Å². The zero-order valence-electron chi connectivity index (χ0n) is 15.5. The van der Waals surface area contributed by atoms with Crippen molar-refractivity contribution < 1.29 is 9.59 Å². The van der Waals surface area contributed by atoms with Crippen molar-refractivity contribution in [3.8, 4) is 0 Å². The lowest BCUT2D eigenvalue weighted by Crippen LogP contribution is -2.39. The molecule has 1 aromatic carbocycles. The highest BCUT2D eigenvalue weighted by Gasteiger charge is 2.28. The van der Waals surface area contributed by atoms with Crippen LogP contribution < -0.4 is 10.6 Å². The maximum Gasteiger partial charge on any atom is 0.234 e. The molecule has 0 aliphatic rings. The molecule has 5 heteroatoms. The largest absolute Gasteiger partial charge is 0.355 e. The Hall–Kier alpha value is -1.36. The van der Waals surface area contributed by atoms with Gasteiger partial charge >= 0.3 is 0 Å². The SMILES string of the molecule is CC(C)(C)c1ccc(NC(=O)CCNC(=O)[C@@H](Br)C(C)(C)C)cc1. The summed E-state index contributed by atoms with van der Waals surface area (Å²) in [4.78, 5) is 23.7. The minimum absolute atomic E-state index is 0.0894. The first kappa shape index (κ1) is 20.7. The van der Waals surface area contributed by atoms with Crippen LogP contribution in [0.25, 0.3) is 0 Å². The van der Waals surface area contributed by atoms with E-state index in [1.165, 1.54) is 5.56 Å². The van der Waals surface area contributed by atoms with E-state index in [-0.39, 0.29) is 33.9 Å². The van der Waals surface area contributed by atoms with E-state index in [4.69, 9.17) is 0 Å². The molecule has 0 saturated carbocycles. The summed E-state index contributed by atoms with van der Waals surface area (Å²) in [5.74, 6) is -0.203. The maximum atomic E-state index is 12.0. The summed E-state index contributed by atoms with van der Waals surface area (Å²) in [7, 11) is 0. The second kappa shape index (κ2) is 8.15. The Balaban J connectivity index is 2.43. The van der Waals surface area contributed by atoms with Crippen molar-refractivity contribution in [2.75, 3.05) is 11.9 Å². The van der Waals surface area contributed by atoms with Gasteiger partial charge in [0, 0.05) is 18.7 Å². The van der Waals surface area contributed by atoms with Crippen LogP contribution in [0.15, 0.2) is 24.3 Å². The van der Waals surface area contributed by atoms with Crippen LogP contribution in [-0.2, 0) is 15.0 Å². The molecule has 4 nitrogen and oxygen atoms in total. The van der Waals surface area contributed by atoms with Gasteiger partial charge in [-0.1, -0.05) is 69.6 Å². The second-order valence-corrected chi connectivity index (χ2v) is 9.06. The highest BCUT2D eigenvalue weighted by molar-refractivity contribution is 9.10. The topological polar surface area (TPSA) is 58.2 Å². The van der Waals surface area contributed by atoms with Gasteiger partial charge in [-0.3, -0.25) is 9.59 Å². The minimum Gasteiger partial charge on any atom is -0.355 e. The Labute approximate surface area is 153 Å². The molecule has 1 rings (SSSR count). The highest BCUT2D eigenvalue weighted by Crippen LogP contribution is 2.26. The predicted molar refractivity (Wildman–Crippen MR) is 104 cm³/mol. The molecule has 0 bridgehead atoms. The molecule has 134 valence electrons. The van der Waals surface area contributed by atoms with Crippen LogP contribution in [0.5, 0.6) is 0 Å². The summed E-state index contributed by atoms with van der Waals surface area (Å²) < 4.78 is 0. The molecule has 0 fully saturated rings. The number of anilines is 1. The number of hydrogen-bond acceptors (Lipinski definition) is 2. The van der Waals surface area contributed by atoms with E-state index >= 15 is 0 Å². The van der Waals surface area contributed by atoms with Crippen molar-refractivity contribution in [3.05, 3.63) is 29.8 Å². The molecule has 1 aromatic rings. The van der Waals surface area contributed by atoms with E-state index in [0.717, 1.165) is 5.69 Å². The summed E-state index contributed by atoms with van der Waals surface area (Å²) in [6, 6.07) is 7.86. The summed E-state index contributed by atoms with van der Waals surface area (Å²) in [5.41, 5.74) is 1.92. The van der Waals surface area contributed by atoms with Crippen molar-refractivity contribution in [1.29, 1.82) is 0 Å². The third-order valence-corrected chi connectivity index (χ3v) is 5.47. The number of amides is 2. The fraction of sp³-hybridized carbons (Fsp3) is 0.579. The van der Waals surface area contributed by atoms with Crippen LogP contribution in [0.4, 0.5) is 5.69 Å². The van der Waals surface area contributed by atoms with E-state index in [1.54, 1.807) is 0 Å². The highest BCUT2D eigenvalue weighted by atomic mass is 79.9. The molecular formula is C19H29BrN2O2. The Bertz CT molecular complexity index is 569. The number of benzene rings is 1. The van der Waals surface area contributed by atoms with Crippen LogP contribution in [0.3, 0.4) is 0 Å². The molecule has 0 aliphatic carbocycles. The standard InChI is InChI=1S/C19H29BrN2O2/c1-18(2,3)13-7-9-14(10-8-13)22-15(23)11-12-21-17(24)16(20)19(4,5)6/h7-10,16H,11-12H2,1-6H3,(H,21,24)(H,22,23)/t16-/m1/s1. The summed E-state index contributed by atoms with van der Waals surface area (Å²) >= 11 is 3.39. The maximum absolute atomic E-state index is 12.0. The van der Waals surface area contributed by atoms with Gasteiger partial charge in [-0.25, -0.2) is 0 Å². The summed E-state index contributed by atoms with van der Waals surface area (Å²) in [6.45, 7) is 12.7. The molecule has 1 atom stereocenters. The molecule has 0 radical (unpaired) electrons. The number of rotatable bonds is 5.